The van der Waals surface area contributed by atoms with E-state index in [1.54, 1.807) is 0 Å². The Morgan fingerprint density at radius 3 is 2.15 bits per heavy atom. The number of benzene rings is 2. The van der Waals surface area contributed by atoms with Gasteiger partial charge in [0.05, 0.1) is 10.1 Å². The third-order valence-corrected chi connectivity index (χ3v) is 6.94. The number of carbonyl (C=O) groups is 1. The fourth-order valence-electron chi connectivity index (χ4n) is 4.03. The number of aryl methyl sites for hydroxylation is 1. The van der Waals surface area contributed by atoms with Gasteiger partial charge in [-0.15, -0.1) is 11.8 Å². The fraction of sp³-hybridized carbons (Fsp3) is 0.409. The summed E-state index contributed by atoms with van der Waals surface area (Å²) in [5.74, 6) is 1.86. The van der Waals surface area contributed by atoms with Crippen molar-refractivity contribution in [1.82, 2.24) is 0 Å². The number of thioether (sulfide) groups is 1. The molecule has 1 amide bonds. The molecule has 1 atom stereocenters. The van der Waals surface area contributed by atoms with Crippen LogP contribution in [0.4, 0.5) is 5.69 Å². The highest BCUT2D eigenvalue weighted by atomic mass is 32.2. The standard InChI is InChI=1S/C22H25NO2S/c1-16-6-10-19(11-7-16)25-20-12-8-18(9-13-20)23-21(24)17(2)26-22(23)14-4-3-5-15-22/h6-13,17H,3-5,14-15H2,1-2H3. The molecule has 136 valence electrons. The van der Waals surface area contributed by atoms with Crippen LogP contribution in [0, 0.1) is 6.92 Å². The van der Waals surface area contributed by atoms with Gasteiger partial charge in [0.2, 0.25) is 5.91 Å². The van der Waals surface area contributed by atoms with Crippen LogP contribution < -0.4 is 9.64 Å². The van der Waals surface area contributed by atoms with Crippen LogP contribution in [0.5, 0.6) is 11.5 Å². The summed E-state index contributed by atoms with van der Waals surface area (Å²) in [5.41, 5.74) is 2.20. The first-order valence-electron chi connectivity index (χ1n) is 9.44. The molecule has 0 radical (unpaired) electrons. The van der Waals surface area contributed by atoms with Crippen molar-refractivity contribution in [1.29, 1.82) is 0 Å². The Morgan fingerprint density at radius 1 is 0.962 bits per heavy atom. The molecule has 0 bridgehead atoms. The molecule has 1 aliphatic carbocycles. The average Bonchev–Trinajstić information content (AvgIpc) is 2.88. The molecule has 1 saturated carbocycles. The number of hydrogen-bond donors (Lipinski definition) is 0. The summed E-state index contributed by atoms with van der Waals surface area (Å²) in [5, 5.41) is 0.0385. The summed E-state index contributed by atoms with van der Waals surface area (Å²) < 4.78 is 5.93. The van der Waals surface area contributed by atoms with Crippen molar-refractivity contribution in [3.8, 4) is 11.5 Å². The highest BCUT2D eigenvalue weighted by Crippen LogP contribution is 2.51. The number of amides is 1. The van der Waals surface area contributed by atoms with Crippen molar-refractivity contribution in [2.45, 2.75) is 56.1 Å². The van der Waals surface area contributed by atoms with E-state index in [0.29, 0.717) is 0 Å². The topological polar surface area (TPSA) is 29.5 Å². The highest BCUT2D eigenvalue weighted by molar-refractivity contribution is 8.02. The second-order valence-electron chi connectivity index (χ2n) is 7.35. The SMILES string of the molecule is Cc1ccc(Oc2ccc(N3C(=O)C(C)SC34CCCCC4)cc2)cc1. The van der Waals surface area contributed by atoms with E-state index in [-0.39, 0.29) is 16.0 Å². The van der Waals surface area contributed by atoms with E-state index in [1.165, 1.54) is 24.8 Å². The molecule has 2 aromatic rings. The van der Waals surface area contributed by atoms with Gasteiger partial charge >= 0.3 is 0 Å². The lowest BCUT2D eigenvalue weighted by Crippen LogP contribution is -2.46. The second kappa shape index (κ2) is 6.99. The van der Waals surface area contributed by atoms with Crippen molar-refractivity contribution < 1.29 is 9.53 Å². The smallest absolute Gasteiger partial charge is 0.241 e. The summed E-state index contributed by atoms with van der Waals surface area (Å²) in [4.78, 5) is 14.9. The Morgan fingerprint density at radius 2 is 1.54 bits per heavy atom. The molecule has 1 aliphatic heterocycles. The lowest BCUT2D eigenvalue weighted by Gasteiger charge is -2.40. The molecular formula is C22H25NO2S. The zero-order valence-corrected chi connectivity index (χ0v) is 16.2. The lowest BCUT2D eigenvalue weighted by atomic mass is 9.93. The minimum absolute atomic E-state index is 0.0385. The number of nitrogens with zero attached hydrogens (tertiary/aromatic N) is 1. The molecule has 1 saturated heterocycles. The highest BCUT2D eigenvalue weighted by Gasteiger charge is 2.50. The van der Waals surface area contributed by atoms with E-state index in [2.05, 4.69) is 11.8 Å². The Balaban J connectivity index is 1.57. The predicted molar refractivity (Wildman–Crippen MR) is 108 cm³/mol. The summed E-state index contributed by atoms with van der Waals surface area (Å²) in [6.45, 7) is 4.10. The molecule has 2 aliphatic rings. The fourth-order valence-corrected chi connectivity index (χ4v) is 5.72. The Hall–Kier alpha value is -1.94. The van der Waals surface area contributed by atoms with E-state index >= 15 is 0 Å². The molecule has 4 heteroatoms. The quantitative estimate of drug-likeness (QED) is 0.675. The second-order valence-corrected chi connectivity index (χ2v) is 9.05. The van der Waals surface area contributed by atoms with Crippen molar-refractivity contribution >= 4 is 23.4 Å². The number of anilines is 1. The van der Waals surface area contributed by atoms with Gasteiger partial charge in [0.25, 0.3) is 0 Å². The van der Waals surface area contributed by atoms with Crippen molar-refractivity contribution in [2.24, 2.45) is 0 Å². The van der Waals surface area contributed by atoms with E-state index < -0.39 is 0 Å². The number of ether oxygens (including phenoxy) is 1. The van der Waals surface area contributed by atoms with Gasteiger partial charge in [-0.1, -0.05) is 37.0 Å². The normalized spacial score (nSPS) is 22.0. The van der Waals surface area contributed by atoms with Gasteiger partial charge in [0.1, 0.15) is 11.5 Å². The summed E-state index contributed by atoms with van der Waals surface area (Å²) in [7, 11) is 0. The van der Waals surface area contributed by atoms with Crippen LogP contribution in [0.2, 0.25) is 0 Å². The lowest BCUT2D eigenvalue weighted by molar-refractivity contribution is -0.117. The van der Waals surface area contributed by atoms with Crippen molar-refractivity contribution in [3.63, 3.8) is 0 Å². The van der Waals surface area contributed by atoms with Gasteiger partial charge in [-0.25, -0.2) is 0 Å². The third kappa shape index (κ3) is 3.23. The minimum atomic E-state index is -0.0475. The Kier molecular flexibility index (Phi) is 4.70. The molecule has 2 aromatic carbocycles. The zero-order valence-electron chi connectivity index (χ0n) is 15.4. The Labute approximate surface area is 159 Å². The van der Waals surface area contributed by atoms with Gasteiger partial charge in [-0.2, -0.15) is 0 Å². The molecule has 1 heterocycles. The van der Waals surface area contributed by atoms with Gasteiger partial charge in [-0.05, 0) is 63.1 Å². The monoisotopic (exact) mass is 367 g/mol. The van der Waals surface area contributed by atoms with Crippen LogP contribution in [0.1, 0.15) is 44.6 Å². The van der Waals surface area contributed by atoms with Crippen LogP contribution in [-0.4, -0.2) is 16.0 Å². The molecular weight excluding hydrogens is 342 g/mol. The van der Waals surface area contributed by atoms with Crippen LogP contribution in [0.25, 0.3) is 0 Å². The van der Waals surface area contributed by atoms with E-state index in [0.717, 1.165) is 30.0 Å². The van der Waals surface area contributed by atoms with E-state index in [4.69, 9.17) is 4.74 Å². The maximum atomic E-state index is 12.9. The van der Waals surface area contributed by atoms with Gasteiger partial charge < -0.3 is 4.74 Å². The zero-order chi connectivity index (χ0) is 18.1. The molecule has 26 heavy (non-hydrogen) atoms. The van der Waals surface area contributed by atoms with Crippen LogP contribution in [-0.2, 0) is 4.79 Å². The molecule has 0 N–H and O–H groups in total. The van der Waals surface area contributed by atoms with E-state index in [9.17, 15) is 4.79 Å². The maximum Gasteiger partial charge on any atom is 0.241 e. The van der Waals surface area contributed by atoms with Crippen molar-refractivity contribution in [2.75, 3.05) is 4.90 Å². The van der Waals surface area contributed by atoms with Crippen LogP contribution in [0.3, 0.4) is 0 Å². The van der Waals surface area contributed by atoms with Crippen molar-refractivity contribution in [3.05, 3.63) is 54.1 Å². The van der Waals surface area contributed by atoms with Crippen LogP contribution in [0.15, 0.2) is 48.5 Å². The molecule has 3 nitrogen and oxygen atoms in total. The van der Waals surface area contributed by atoms with Crippen LogP contribution >= 0.6 is 11.8 Å². The first-order chi connectivity index (χ1) is 12.6. The molecule has 4 rings (SSSR count). The number of rotatable bonds is 3. The molecule has 2 fully saturated rings. The largest absolute Gasteiger partial charge is 0.457 e. The van der Waals surface area contributed by atoms with E-state index in [1.807, 2.05) is 67.2 Å². The third-order valence-electron chi connectivity index (χ3n) is 5.36. The molecule has 1 unspecified atom stereocenters. The van der Waals surface area contributed by atoms with Gasteiger partial charge in [-0.3, -0.25) is 9.69 Å². The number of hydrogen-bond acceptors (Lipinski definition) is 3. The summed E-state index contributed by atoms with van der Waals surface area (Å²) >= 11 is 1.85. The number of carbonyl (C=O) groups excluding carboxylic acids is 1. The molecule has 0 aromatic heterocycles. The Bertz CT molecular complexity index is 779. The first kappa shape index (κ1) is 17.5. The summed E-state index contributed by atoms with van der Waals surface area (Å²) in [6.07, 6.45) is 5.88. The van der Waals surface area contributed by atoms with Gasteiger partial charge in [0.15, 0.2) is 0 Å². The first-order valence-corrected chi connectivity index (χ1v) is 10.3. The molecule has 1 spiro atoms. The average molecular weight is 368 g/mol. The maximum absolute atomic E-state index is 12.9. The minimum Gasteiger partial charge on any atom is -0.457 e. The predicted octanol–water partition coefficient (Wildman–Crippen LogP) is 5.92. The summed E-state index contributed by atoms with van der Waals surface area (Å²) in [6, 6.07) is 16.0. The van der Waals surface area contributed by atoms with Gasteiger partial charge in [0, 0.05) is 5.69 Å².